The van der Waals surface area contributed by atoms with Gasteiger partial charge in [0, 0.05) is 11.3 Å². The van der Waals surface area contributed by atoms with Gasteiger partial charge in [0.1, 0.15) is 5.84 Å². The first-order valence-corrected chi connectivity index (χ1v) is 11.8. The molecule has 0 saturated carbocycles. The van der Waals surface area contributed by atoms with Crippen molar-refractivity contribution in [3.8, 4) is 0 Å². The Morgan fingerprint density at radius 3 is 2.37 bits per heavy atom. The molecule has 0 aliphatic carbocycles. The number of anilines is 1. The molecule has 0 fully saturated rings. The third-order valence-corrected chi connectivity index (χ3v) is 6.35. The molecule has 3 rings (SSSR count). The lowest BCUT2D eigenvalue weighted by Gasteiger charge is -2.18. The van der Waals surface area contributed by atoms with Crippen molar-refractivity contribution in [2.75, 3.05) is 11.9 Å². The van der Waals surface area contributed by atoms with Crippen molar-refractivity contribution < 1.29 is 9.59 Å². The number of rotatable bonds is 8. The minimum absolute atomic E-state index is 0.163. The predicted octanol–water partition coefficient (Wildman–Crippen LogP) is 6.12. The highest BCUT2D eigenvalue weighted by Gasteiger charge is 2.22. The third-order valence-electron chi connectivity index (χ3n) is 5.28. The molecule has 1 atom stereocenters. The molecule has 0 radical (unpaired) electrons. The van der Waals surface area contributed by atoms with Crippen LogP contribution in [0.15, 0.2) is 67.2 Å². The number of amides is 2. The summed E-state index contributed by atoms with van der Waals surface area (Å²) in [4.78, 5) is 25.8. The molecule has 0 spiro atoms. The average molecular weight is 530 g/mol. The number of hydrogen-bond donors (Lipinski definition) is 4. The molecular formula is C26H23Cl3N4O2. The zero-order valence-corrected chi connectivity index (χ0v) is 20.8. The second-order valence-corrected chi connectivity index (χ2v) is 8.83. The van der Waals surface area contributed by atoms with E-state index in [2.05, 4.69) is 17.2 Å². The molecular weight excluding hydrogens is 507 g/mol. The quantitative estimate of drug-likeness (QED) is 0.209. The number of amidine groups is 1. The van der Waals surface area contributed by atoms with Gasteiger partial charge >= 0.3 is 0 Å². The van der Waals surface area contributed by atoms with Crippen molar-refractivity contribution in [1.29, 1.82) is 5.41 Å². The molecule has 5 N–H and O–H groups in total. The summed E-state index contributed by atoms with van der Waals surface area (Å²) in [6.45, 7) is 4.06. The highest BCUT2D eigenvalue weighted by Crippen LogP contribution is 2.29. The summed E-state index contributed by atoms with van der Waals surface area (Å²) >= 11 is 18.2. The zero-order chi connectivity index (χ0) is 25.5. The van der Waals surface area contributed by atoms with Crippen LogP contribution < -0.4 is 16.4 Å². The Morgan fingerprint density at radius 2 is 1.71 bits per heavy atom. The second-order valence-electron chi connectivity index (χ2n) is 7.61. The van der Waals surface area contributed by atoms with Gasteiger partial charge in [-0.2, -0.15) is 0 Å². The maximum Gasteiger partial charge on any atom is 0.258 e. The van der Waals surface area contributed by atoms with Crippen LogP contribution in [0, 0.1) is 5.41 Å². The summed E-state index contributed by atoms with van der Waals surface area (Å²) in [5.74, 6) is -1.54. The molecule has 3 aromatic carbocycles. The van der Waals surface area contributed by atoms with E-state index in [1.807, 2.05) is 0 Å². The Kier molecular flexibility index (Phi) is 9.07. The Morgan fingerprint density at radius 1 is 0.971 bits per heavy atom. The van der Waals surface area contributed by atoms with Crippen molar-refractivity contribution in [2.45, 2.75) is 12.3 Å². The molecule has 0 aliphatic heterocycles. The van der Waals surface area contributed by atoms with Gasteiger partial charge in [-0.3, -0.25) is 15.0 Å². The molecule has 1 unspecified atom stereocenters. The Balaban J connectivity index is 1.84. The molecule has 0 bridgehead atoms. The van der Waals surface area contributed by atoms with Crippen molar-refractivity contribution >= 4 is 64.2 Å². The zero-order valence-electron chi connectivity index (χ0n) is 18.6. The molecule has 6 nitrogen and oxygen atoms in total. The van der Waals surface area contributed by atoms with Crippen LogP contribution >= 0.6 is 34.8 Å². The topological polar surface area (TPSA) is 108 Å². The summed E-state index contributed by atoms with van der Waals surface area (Å²) in [5, 5.41) is 14.9. The molecule has 35 heavy (non-hydrogen) atoms. The van der Waals surface area contributed by atoms with Crippen LogP contribution in [0.3, 0.4) is 0 Å². The molecule has 180 valence electrons. The summed E-state index contributed by atoms with van der Waals surface area (Å²) < 4.78 is 0. The number of nitrogens with two attached hydrogens (primary N) is 1. The molecule has 3 aromatic rings. The summed E-state index contributed by atoms with van der Waals surface area (Å²) in [6.07, 6.45) is 1.95. The summed E-state index contributed by atoms with van der Waals surface area (Å²) in [6, 6.07) is 16.6. The first kappa shape index (κ1) is 26.4. The first-order valence-electron chi connectivity index (χ1n) is 10.6. The number of carbonyl (C=O) groups excluding carboxylic acids is 2. The normalized spacial score (nSPS) is 11.4. The largest absolute Gasteiger partial charge is 0.330 e. The van der Waals surface area contributed by atoms with Crippen LogP contribution in [0.25, 0.3) is 6.08 Å². The van der Waals surface area contributed by atoms with E-state index in [9.17, 15) is 9.59 Å². The van der Waals surface area contributed by atoms with E-state index in [1.54, 1.807) is 66.7 Å². The van der Waals surface area contributed by atoms with Crippen molar-refractivity contribution in [3.05, 3.63) is 105 Å². The SMILES string of the molecule is C=Cc1ccc(NC(=O)C(CCN)c2ccc(Cl)c(Cl)c2)cc1C(=N)NC(=O)c1ccccc1Cl. The van der Waals surface area contributed by atoms with E-state index in [-0.39, 0.29) is 28.9 Å². The smallest absolute Gasteiger partial charge is 0.258 e. The molecule has 0 aliphatic rings. The third kappa shape index (κ3) is 6.50. The van der Waals surface area contributed by atoms with E-state index < -0.39 is 11.8 Å². The van der Waals surface area contributed by atoms with Crippen LogP contribution in [0.1, 0.15) is 39.4 Å². The van der Waals surface area contributed by atoms with Crippen molar-refractivity contribution in [1.82, 2.24) is 5.32 Å². The van der Waals surface area contributed by atoms with Crippen molar-refractivity contribution in [3.63, 3.8) is 0 Å². The van der Waals surface area contributed by atoms with Gasteiger partial charge in [-0.15, -0.1) is 0 Å². The van der Waals surface area contributed by atoms with E-state index in [1.165, 1.54) is 0 Å². The first-order chi connectivity index (χ1) is 16.7. The van der Waals surface area contributed by atoms with Crippen LogP contribution in [0.2, 0.25) is 15.1 Å². The van der Waals surface area contributed by atoms with E-state index in [0.29, 0.717) is 38.8 Å². The predicted molar refractivity (Wildman–Crippen MR) is 144 cm³/mol. The highest BCUT2D eigenvalue weighted by atomic mass is 35.5. The number of hydrogen-bond acceptors (Lipinski definition) is 4. The van der Waals surface area contributed by atoms with Gasteiger partial charge in [0.15, 0.2) is 0 Å². The Labute approximate surface area is 218 Å². The van der Waals surface area contributed by atoms with Gasteiger partial charge in [0.2, 0.25) is 5.91 Å². The number of nitrogens with one attached hydrogen (secondary N) is 3. The van der Waals surface area contributed by atoms with Gasteiger partial charge < -0.3 is 16.4 Å². The number of benzene rings is 3. The van der Waals surface area contributed by atoms with Crippen molar-refractivity contribution in [2.24, 2.45) is 5.73 Å². The fourth-order valence-corrected chi connectivity index (χ4v) is 4.02. The van der Waals surface area contributed by atoms with Gasteiger partial charge in [0.25, 0.3) is 5.91 Å². The molecule has 0 heterocycles. The Bertz CT molecular complexity index is 1290. The molecule has 9 heteroatoms. The minimum atomic E-state index is -0.559. The van der Waals surface area contributed by atoms with Gasteiger partial charge in [-0.25, -0.2) is 0 Å². The molecule has 2 amide bonds. The van der Waals surface area contributed by atoms with Gasteiger partial charge in [-0.1, -0.05) is 71.7 Å². The fourth-order valence-electron chi connectivity index (χ4n) is 3.50. The standard InChI is InChI=1S/C26H23Cl3N4O2/c1-2-15-7-9-17(14-20(15)24(31)33-26(35)19-5-3-4-6-21(19)27)32-25(34)18(11-12-30)16-8-10-22(28)23(29)13-16/h2-10,13-14,18H,1,11-12,30H2,(H,32,34)(H2,31,33,35). The van der Waals surface area contributed by atoms with E-state index >= 15 is 0 Å². The van der Waals surface area contributed by atoms with Crippen LogP contribution in [0.5, 0.6) is 0 Å². The van der Waals surface area contributed by atoms with Gasteiger partial charge in [0.05, 0.1) is 26.5 Å². The lowest BCUT2D eigenvalue weighted by atomic mass is 9.94. The fraction of sp³-hybridized carbons (Fsp3) is 0.115. The lowest BCUT2D eigenvalue weighted by Crippen LogP contribution is -2.31. The minimum Gasteiger partial charge on any atom is -0.330 e. The monoisotopic (exact) mass is 528 g/mol. The molecule has 0 saturated heterocycles. The van der Waals surface area contributed by atoms with Crippen LogP contribution in [0.4, 0.5) is 5.69 Å². The average Bonchev–Trinajstić information content (AvgIpc) is 2.84. The van der Waals surface area contributed by atoms with Crippen LogP contribution in [-0.4, -0.2) is 24.2 Å². The maximum atomic E-state index is 13.1. The second kappa shape index (κ2) is 12.0. The highest BCUT2D eigenvalue weighted by molar-refractivity contribution is 6.42. The molecule has 0 aromatic heterocycles. The Hall–Kier alpha value is -3.16. The summed E-state index contributed by atoms with van der Waals surface area (Å²) in [7, 11) is 0. The number of halogens is 3. The van der Waals surface area contributed by atoms with Crippen LogP contribution in [-0.2, 0) is 4.79 Å². The summed E-state index contributed by atoms with van der Waals surface area (Å²) in [5.41, 5.74) is 8.10. The lowest BCUT2D eigenvalue weighted by molar-refractivity contribution is -0.117. The number of carbonyl (C=O) groups is 2. The maximum absolute atomic E-state index is 13.1. The van der Waals surface area contributed by atoms with E-state index in [4.69, 9.17) is 45.9 Å². The van der Waals surface area contributed by atoms with E-state index in [0.717, 1.165) is 0 Å². The van der Waals surface area contributed by atoms with Gasteiger partial charge in [-0.05, 0) is 60.5 Å².